The molecule has 0 amide bonds. The van der Waals surface area contributed by atoms with Crippen molar-refractivity contribution in [1.29, 1.82) is 0 Å². The minimum atomic E-state index is -0.780. The number of carbonyl (C=O) groups excluding carboxylic acids is 3. The fourth-order valence-electron chi connectivity index (χ4n) is 1.72. The SMILES string of the molecule is CC(=O)OCC(COC(C)=O)OC(=O)CCCCC(S)CCS. The largest absolute Gasteiger partial charge is 0.462 e. The Morgan fingerprint density at radius 2 is 1.52 bits per heavy atom. The van der Waals surface area contributed by atoms with Gasteiger partial charge in [0.05, 0.1) is 0 Å². The Labute approximate surface area is 148 Å². The molecule has 0 saturated carbocycles. The lowest BCUT2D eigenvalue weighted by Gasteiger charge is -2.17. The van der Waals surface area contributed by atoms with E-state index in [1.54, 1.807) is 0 Å². The van der Waals surface area contributed by atoms with E-state index in [0.717, 1.165) is 25.0 Å². The summed E-state index contributed by atoms with van der Waals surface area (Å²) in [5.74, 6) is -0.584. The molecule has 1 unspecified atom stereocenters. The molecule has 23 heavy (non-hydrogen) atoms. The Balaban J connectivity index is 4.05. The van der Waals surface area contributed by atoms with Gasteiger partial charge in [-0.2, -0.15) is 25.3 Å². The zero-order valence-electron chi connectivity index (χ0n) is 13.7. The van der Waals surface area contributed by atoms with Gasteiger partial charge in [-0.15, -0.1) is 0 Å². The lowest BCUT2D eigenvalue weighted by molar-refractivity contribution is -0.165. The highest BCUT2D eigenvalue weighted by Gasteiger charge is 2.17. The molecule has 8 heteroatoms. The van der Waals surface area contributed by atoms with Crippen molar-refractivity contribution in [2.45, 2.75) is 57.3 Å². The highest BCUT2D eigenvalue weighted by molar-refractivity contribution is 7.81. The molecule has 0 aromatic carbocycles. The van der Waals surface area contributed by atoms with E-state index in [0.29, 0.717) is 11.7 Å². The standard InChI is InChI=1S/C15H26O6S2/c1-11(16)19-9-13(10-20-12(2)17)21-15(18)6-4-3-5-14(23)7-8-22/h13-14,22-23H,3-10H2,1-2H3. The summed E-state index contributed by atoms with van der Waals surface area (Å²) < 4.78 is 14.8. The van der Waals surface area contributed by atoms with Gasteiger partial charge in [0.25, 0.3) is 0 Å². The quantitative estimate of drug-likeness (QED) is 0.239. The summed E-state index contributed by atoms with van der Waals surface area (Å²) in [6, 6.07) is 0. The average Bonchev–Trinajstić information content (AvgIpc) is 2.46. The van der Waals surface area contributed by atoms with E-state index in [1.165, 1.54) is 13.8 Å². The second-order valence-electron chi connectivity index (χ2n) is 5.13. The van der Waals surface area contributed by atoms with Crippen LogP contribution < -0.4 is 0 Å². The van der Waals surface area contributed by atoms with Crippen LogP contribution in [0.4, 0.5) is 0 Å². The van der Waals surface area contributed by atoms with Gasteiger partial charge in [0.15, 0.2) is 6.10 Å². The number of ether oxygens (including phenoxy) is 3. The number of thiol groups is 2. The van der Waals surface area contributed by atoms with Crippen LogP contribution in [0.5, 0.6) is 0 Å². The van der Waals surface area contributed by atoms with Gasteiger partial charge in [-0.05, 0) is 25.0 Å². The Kier molecular flexibility index (Phi) is 13.0. The van der Waals surface area contributed by atoms with Gasteiger partial charge in [0, 0.05) is 25.5 Å². The molecule has 0 aromatic heterocycles. The van der Waals surface area contributed by atoms with Crippen molar-refractivity contribution in [1.82, 2.24) is 0 Å². The van der Waals surface area contributed by atoms with Crippen molar-refractivity contribution in [2.24, 2.45) is 0 Å². The average molecular weight is 367 g/mol. The fraction of sp³-hybridized carbons (Fsp3) is 0.800. The van der Waals surface area contributed by atoms with Crippen molar-refractivity contribution < 1.29 is 28.6 Å². The van der Waals surface area contributed by atoms with E-state index in [2.05, 4.69) is 25.3 Å². The van der Waals surface area contributed by atoms with Gasteiger partial charge in [0.2, 0.25) is 0 Å². The molecule has 0 aliphatic heterocycles. The molecule has 0 aliphatic carbocycles. The molecule has 0 bridgehead atoms. The minimum Gasteiger partial charge on any atom is -0.462 e. The first-order valence-corrected chi connectivity index (χ1v) is 8.75. The highest BCUT2D eigenvalue weighted by atomic mass is 32.1. The van der Waals surface area contributed by atoms with Crippen LogP contribution in [-0.4, -0.2) is 48.2 Å². The monoisotopic (exact) mass is 366 g/mol. The van der Waals surface area contributed by atoms with Gasteiger partial charge in [0.1, 0.15) is 13.2 Å². The van der Waals surface area contributed by atoms with Crippen molar-refractivity contribution >= 4 is 43.2 Å². The molecule has 0 aliphatic rings. The zero-order chi connectivity index (χ0) is 17.7. The van der Waals surface area contributed by atoms with Crippen molar-refractivity contribution in [3.8, 4) is 0 Å². The van der Waals surface area contributed by atoms with E-state index in [1.807, 2.05) is 0 Å². The summed E-state index contributed by atoms with van der Waals surface area (Å²) in [6.45, 7) is 2.25. The number of esters is 3. The smallest absolute Gasteiger partial charge is 0.306 e. The summed E-state index contributed by atoms with van der Waals surface area (Å²) in [4.78, 5) is 33.4. The van der Waals surface area contributed by atoms with Gasteiger partial charge < -0.3 is 14.2 Å². The van der Waals surface area contributed by atoms with Gasteiger partial charge in [-0.1, -0.05) is 6.42 Å². The van der Waals surface area contributed by atoms with Crippen LogP contribution >= 0.6 is 25.3 Å². The number of rotatable bonds is 12. The van der Waals surface area contributed by atoms with E-state index >= 15 is 0 Å². The third-order valence-corrected chi connectivity index (χ3v) is 3.65. The minimum absolute atomic E-state index is 0.130. The number of unbranched alkanes of at least 4 members (excludes halogenated alkanes) is 1. The third-order valence-electron chi connectivity index (χ3n) is 2.87. The van der Waals surface area contributed by atoms with Crippen LogP contribution in [-0.2, 0) is 28.6 Å². The Hall–Kier alpha value is -0.890. The molecule has 0 saturated heterocycles. The van der Waals surface area contributed by atoms with Gasteiger partial charge >= 0.3 is 17.9 Å². The van der Waals surface area contributed by atoms with Crippen LogP contribution in [0.1, 0.15) is 46.0 Å². The number of carbonyl (C=O) groups is 3. The first-order chi connectivity index (χ1) is 10.8. The van der Waals surface area contributed by atoms with Crippen LogP contribution in [0, 0.1) is 0 Å². The second kappa shape index (κ2) is 13.5. The molecule has 0 spiro atoms. The van der Waals surface area contributed by atoms with Crippen molar-refractivity contribution in [2.75, 3.05) is 19.0 Å². The number of hydrogen-bond donors (Lipinski definition) is 2. The van der Waals surface area contributed by atoms with E-state index in [9.17, 15) is 14.4 Å². The second-order valence-corrected chi connectivity index (χ2v) is 6.31. The van der Waals surface area contributed by atoms with Crippen molar-refractivity contribution in [3.05, 3.63) is 0 Å². The molecule has 0 rings (SSSR count). The van der Waals surface area contributed by atoms with Crippen molar-refractivity contribution in [3.63, 3.8) is 0 Å². The maximum absolute atomic E-state index is 11.8. The van der Waals surface area contributed by atoms with E-state index in [-0.39, 0.29) is 19.6 Å². The topological polar surface area (TPSA) is 78.9 Å². The van der Waals surface area contributed by atoms with Crippen LogP contribution in [0.2, 0.25) is 0 Å². The maximum Gasteiger partial charge on any atom is 0.306 e. The Morgan fingerprint density at radius 1 is 0.957 bits per heavy atom. The summed E-state index contributed by atoms with van der Waals surface area (Å²) >= 11 is 8.57. The number of hydrogen-bond acceptors (Lipinski definition) is 8. The highest BCUT2D eigenvalue weighted by Crippen LogP contribution is 2.13. The molecule has 134 valence electrons. The molecule has 0 aromatic rings. The molecular weight excluding hydrogens is 340 g/mol. The summed E-state index contributed by atoms with van der Waals surface area (Å²) in [5, 5.41) is 0.296. The van der Waals surface area contributed by atoms with Crippen LogP contribution in [0.3, 0.4) is 0 Å². The molecule has 0 N–H and O–H groups in total. The zero-order valence-corrected chi connectivity index (χ0v) is 15.4. The summed E-state index contributed by atoms with van der Waals surface area (Å²) in [5.41, 5.74) is 0. The molecule has 1 atom stereocenters. The third kappa shape index (κ3) is 14.4. The summed E-state index contributed by atoms with van der Waals surface area (Å²) in [6.07, 6.45) is 2.89. The fourth-order valence-corrected chi connectivity index (χ4v) is 2.55. The Bertz CT molecular complexity index is 357. The molecule has 6 nitrogen and oxygen atoms in total. The van der Waals surface area contributed by atoms with E-state index in [4.69, 9.17) is 14.2 Å². The first kappa shape index (κ1) is 22.1. The first-order valence-electron chi connectivity index (χ1n) is 7.60. The maximum atomic E-state index is 11.8. The van der Waals surface area contributed by atoms with Crippen LogP contribution in [0.15, 0.2) is 0 Å². The molecule has 0 radical (unpaired) electrons. The molecule has 0 fully saturated rings. The van der Waals surface area contributed by atoms with Gasteiger partial charge in [-0.25, -0.2) is 0 Å². The van der Waals surface area contributed by atoms with Gasteiger partial charge in [-0.3, -0.25) is 14.4 Å². The Morgan fingerprint density at radius 3 is 2.00 bits per heavy atom. The van der Waals surface area contributed by atoms with Crippen LogP contribution in [0.25, 0.3) is 0 Å². The predicted octanol–water partition coefficient (Wildman–Crippen LogP) is 2.20. The summed E-state index contributed by atoms with van der Waals surface area (Å²) in [7, 11) is 0. The molecule has 0 heterocycles. The lowest BCUT2D eigenvalue weighted by atomic mass is 10.1. The predicted molar refractivity (Wildman–Crippen MR) is 92.9 cm³/mol. The lowest BCUT2D eigenvalue weighted by Crippen LogP contribution is -2.30. The molecular formula is C15H26O6S2. The normalized spacial score (nSPS) is 11.9. The van der Waals surface area contributed by atoms with E-state index < -0.39 is 24.0 Å².